The number of amides is 1. The lowest BCUT2D eigenvalue weighted by atomic mass is 9.98. The Morgan fingerprint density at radius 2 is 2.07 bits per heavy atom. The van der Waals surface area contributed by atoms with Crippen molar-refractivity contribution >= 4 is 40.4 Å². The molecule has 1 aromatic carbocycles. The van der Waals surface area contributed by atoms with Crippen LogP contribution in [-0.4, -0.2) is 33.8 Å². The van der Waals surface area contributed by atoms with Gasteiger partial charge in [0.25, 0.3) is 11.7 Å². The van der Waals surface area contributed by atoms with E-state index in [1.54, 1.807) is 36.5 Å². The number of aliphatic hydroxyl groups excluding tert-OH is 1. The number of rotatable bonds is 5. The van der Waals surface area contributed by atoms with E-state index in [9.17, 15) is 14.7 Å². The molecule has 0 spiro atoms. The minimum Gasteiger partial charge on any atom is -0.507 e. The molecule has 30 heavy (non-hydrogen) atoms. The predicted octanol–water partition coefficient (Wildman–Crippen LogP) is 4.43. The average Bonchev–Trinajstić information content (AvgIpc) is 3.36. The molecule has 6 nitrogen and oxygen atoms in total. The number of carbonyl (C=O) groups excluding carboxylic acids is 2. The van der Waals surface area contributed by atoms with Crippen LogP contribution in [0.1, 0.15) is 22.2 Å². The lowest BCUT2D eigenvalue weighted by Gasteiger charge is -2.24. The molecule has 0 aliphatic carbocycles. The van der Waals surface area contributed by atoms with E-state index in [-0.39, 0.29) is 28.5 Å². The maximum Gasteiger partial charge on any atom is 0.296 e. The van der Waals surface area contributed by atoms with E-state index in [1.165, 1.54) is 29.4 Å². The topological polar surface area (TPSA) is 79.7 Å². The van der Waals surface area contributed by atoms with Gasteiger partial charge >= 0.3 is 0 Å². The number of nitrogens with zero attached hydrogens (tertiary/aromatic N) is 2. The second kappa shape index (κ2) is 8.30. The Kier molecular flexibility index (Phi) is 5.57. The molecule has 1 aliphatic rings. The third kappa shape index (κ3) is 3.58. The summed E-state index contributed by atoms with van der Waals surface area (Å²) >= 11 is 7.76. The normalized spacial score (nSPS) is 18.1. The summed E-state index contributed by atoms with van der Waals surface area (Å²) in [5, 5.41) is 13.2. The third-order valence-corrected chi connectivity index (χ3v) is 6.03. The second-order valence-electron chi connectivity index (χ2n) is 6.61. The Hall–Kier alpha value is -3.16. The van der Waals surface area contributed by atoms with Gasteiger partial charge in [-0.05, 0) is 41.8 Å². The van der Waals surface area contributed by atoms with Gasteiger partial charge in [-0.1, -0.05) is 23.7 Å². The first-order chi connectivity index (χ1) is 14.5. The van der Waals surface area contributed by atoms with Crippen LogP contribution in [0, 0.1) is 0 Å². The Morgan fingerprint density at radius 1 is 1.23 bits per heavy atom. The summed E-state index contributed by atoms with van der Waals surface area (Å²) in [5.74, 6) is -1.37. The molecule has 0 radical (unpaired) electrons. The fraction of sp³-hybridized carbons (Fsp3) is 0.136. The Morgan fingerprint density at radius 3 is 2.73 bits per heavy atom. The van der Waals surface area contributed by atoms with Crippen LogP contribution in [0.3, 0.4) is 0 Å². The van der Waals surface area contributed by atoms with E-state index >= 15 is 0 Å². The van der Waals surface area contributed by atoms with E-state index in [2.05, 4.69) is 4.98 Å². The second-order valence-corrected chi connectivity index (χ2v) is 8.05. The van der Waals surface area contributed by atoms with Crippen LogP contribution in [0.25, 0.3) is 5.76 Å². The Labute approximate surface area is 182 Å². The lowest BCUT2D eigenvalue weighted by molar-refractivity contribution is -0.140. The van der Waals surface area contributed by atoms with Crippen LogP contribution >= 0.6 is 22.9 Å². The minimum absolute atomic E-state index is 0.0505. The van der Waals surface area contributed by atoms with Crippen molar-refractivity contribution in [3.63, 3.8) is 0 Å². The van der Waals surface area contributed by atoms with E-state index < -0.39 is 17.7 Å². The number of hydrogen-bond acceptors (Lipinski definition) is 6. The van der Waals surface area contributed by atoms with Gasteiger partial charge in [0, 0.05) is 16.6 Å². The molecule has 1 saturated heterocycles. The van der Waals surface area contributed by atoms with E-state index in [0.717, 1.165) is 4.88 Å². The van der Waals surface area contributed by atoms with E-state index in [0.29, 0.717) is 11.4 Å². The molecule has 1 aliphatic heterocycles. The molecule has 1 fully saturated rings. The molecule has 2 aromatic heterocycles. The molecule has 0 bridgehead atoms. The number of methoxy groups -OCH3 is 1. The van der Waals surface area contributed by atoms with Gasteiger partial charge in [-0.25, -0.2) is 0 Å². The fourth-order valence-electron chi connectivity index (χ4n) is 3.42. The van der Waals surface area contributed by atoms with Gasteiger partial charge in [0.2, 0.25) is 0 Å². The van der Waals surface area contributed by atoms with Crippen molar-refractivity contribution in [2.75, 3.05) is 7.11 Å². The highest BCUT2D eigenvalue weighted by Crippen LogP contribution is 2.41. The summed E-state index contributed by atoms with van der Waals surface area (Å²) < 4.78 is 5.21. The van der Waals surface area contributed by atoms with Gasteiger partial charge in [0.05, 0.1) is 29.9 Å². The quantitative estimate of drug-likeness (QED) is 0.360. The molecule has 3 aromatic rings. The monoisotopic (exact) mass is 440 g/mol. The number of benzene rings is 1. The maximum atomic E-state index is 13.0. The van der Waals surface area contributed by atoms with Crippen LogP contribution in [-0.2, 0) is 16.1 Å². The van der Waals surface area contributed by atoms with Crippen LogP contribution in [0.2, 0.25) is 5.02 Å². The number of ketones is 1. The predicted molar refractivity (Wildman–Crippen MR) is 114 cm³/mol. The molecule has 4 rings (SSSR count). The number of ether oxygens (including phenoxy) is 1. The number of hydrogen-bond donors (Lipinski definition) is 1. The first-order valence-electron chi connectivity index (χ1n) is 9.07. The summed E-state index contributed by atoms with van der Waals surface area (Å²) in [4.78, 5) is 32.6. The average molecular weight is 441 g/mol. The van der Waals surface area contributed by atoms with Crippen molar-refractivity contribution in [2.45, 2.75) is 12.6 Å². The van der Waals surface area contributed by atoms with E-state index in [4.69, 9.17) is 16.3 Å². The smallest absolute Gasteiger partial charge is 0.296 e. The molecule has 1 N–H and O–H groups in total. The van der Waals surface area contributed by atoms with Crippen molar-refractivity contribution in [3.8, 4) is 5.75 Å². The van der Waals surface area contributed by atoms with Gasteiger partial charge in [-0.2, -0.15) is 0 Å². The maximum absolute atomic E-state index is 13.0. The SMILES string of the molecule is COc1ccc(Cl)c(/C(O)=C2\C(=O)C(=O)N(Cc3cccs3)C2c2ccccn2)c1. The molecule has 1 unspecified atom stereocenters. The van der Waals surface area contributed by atoms with Crippen LogP contribution < -0.4 is 4.74 Å². The minimum atomic E-state index is -0.837. The van der Waals surface area contributed by atoms with Gasteiger partial charge < -0.3 is 14.7 Å². The van der Waals surface area contributed by atoms with Crippen LogP contribution in [0.15, 0.2) is 65.7 Å². The number of thiophene rings is 1. The van der Waals surface area contributed by atoms with Gasteiger partial charge in [0.1, 0.15) is 17.6 Å². The number of Topliss-reactive ketones (excluding diaryl/α,β-unsaturated/α-hetero) is 1. The Bertz CT molecular complexity index is 1130. The summed E-state index contributed by atoms with van der Waals surface area (Å²) in [6.45, 7) is 0.228. The molecule has 1 amide bonds. The van der Waals surface area contributed by atoms with E-state index in [1.807, 2.05) is 17.5 Å². The molecular weight excluding hydrogens is 424 g/mol. The number of aliphatic hydroxyl groups is 1. The number of likely N-dealkylation sites (tertiary alicyclic amines) is 1. The standard InChI is InChI=1S/C22H17ClN2O4S/c1-29-13-7-8-16(23)15(11-13)20(26)18-19(17-6-2-3-9-24-17)25(22(28)21(18)27)12-14-5-4-10-30-14/h2-11,19,26H,12H2,1H3/b20-18+. The van der Waals surface area contributed by atoms with Crippen molar-refractivity contribution in [2.24, 2.45) is 0 Å². The first-order valence-corrected chi connectivity index (χ1v) is 10.3. The molecule has 8 heteroatoms. The van der Waals surface area contributed by atoms with Gasteiger partial charge in [0.15, 0.2) is 0 Å². The van der Waals surface area contributed by atoms with Gasteiger partial charge in [-0.15, -0.1) is 11.3 Å². The number of aromatic nitrogens is 1. The zero-order chi connectivity index (χ0) is 21.3. The summed E-state index contributed by atoms with van der Waals surface area (Å²) in [7, 11) is 1.49. The lowest BCUT2D eigenvalue weighted by Crippen LogP contribution is -2.29. The van der Waals surface area contributed by atoms with Crippen LogP contribution in [0.5, 0.6) is 5.75 Å². The van der Waals surface area contributed by atoms with Crippen molar-refractivity contribution in [1.82, 2.24) is 9.88 Å². The van der Waals surface area contributed by atoms with Crippen molar-refractivity contribution in [3.05, 3.63) is 86.8 Å². The largest absolute Gasteiger partial charge is 0.507 e. The summed E-state index contributed by atoms with van der Waals surface area (Å²) in [5.41, 5.74) is 0.644. The van der Waals surface area contributed by atoms with Crippen LogP contribution in [0.4, 0.5) is 0 Å². The Balaban J connectivity index is 1.89. The zero-order valence-electron chi connectivity index (χ0n) is 15.9. The molecule has 152 valence electrons. The zero-order valence-corrected chi connectivity index (χ0v) is 17.5. The summed E-state index contributed by atoms with van der Waals surface area (Å²) in [6, 6.07) is 12.9. The number of pyridine rings is 1. The highest BCUT2D eigenvalue weighted by atomic mass is 35.5. The highest BCUT2D eigenvalue weighted by molar-refractivity contribution is 7.09. The third-order valence-electron chi connectivity index (χ3n) is 4.84. The van der Waals surface area contributed by atoms with Gasteiger partial charge in [-0.3, -0.25) is 14.6 Å². The highest BCUT2D eigenvalue weighted by Gasteiger charge is 2.47. The fourth-order valence-corrected chi connectivity index (χ4v) is 4.33. The molecule has 0 saturated carbocycles. The number of halogens is 1. The molecule has 3 heterocycles. The van der Waals surface area contributed by atoms with Crippen molar-refractivity contribution < 1.29 is 19.4 Å². The van der Waals surface area contributed by atoms with Crippen molar-refractivity contribution in [1.29, 1.82) is 0 Å². The molecule has 1 atom stereocenters. The number of carbonyl (C=O) groups is 2. The molecular formula is C22H17ClN2O4S. The first kappa shape index (κ1) is 20.1. The summed E-state index contributed by atoms with van der Waals surface area (Å²) in [6.07, 6.45) is 1.58.